The topological polar surface area (TPSA) is 30.7 Å². The minimum absolute atomic E-state index is 0.903. The van der Waals surface area contributed by atoms with Gasteiger partial charge in [0.05, 0.1) is 4.69 Å². The van der Waals surface area contributed by atoms with Crippen LogP contribution in [0.25, 0.3) is 11.4 Å². The molecule has 0 spiro atoms. The highest BCUT2D eigenvalue weighted by atomic mass is 27.1. The maximum Gasteiger partial charge on any atom is 0.401 e. The first-order chi connectivity index (χ1) is 6.66. The number of nitrogens with zero attached hydrogens (tertiary/aromatic N) is 3. The third kappa shape index (κ3) is 2.13. The van der Waals surface area contributed by atoms with Crippen LogP contribution >= 0.6 is 0 Å². The molecule has 0 aliphatic heterocycles. The molecule has 3 nitrogen and oxygen atoms in total. The molecule has 0 saturated heterocycles. The Morgan fingerprint density at radius 1 is 1.07 bits per heavy atom. The summed E-state index contributed by atoms with van der Waals surface area (Å²) < 4.78 is 4.40. The molecule has 2 rings (SSSR count). The summed E-state index contributed by atoms with van der Waals surface area (Å²) in [4.78, 5) is 4.47. The van der Waals surface area contributed by atoms with Gasteiger partial charge in [0.2, 0.25) is 0 Å². The Kier molecular flexibility index (Phi) is 3.16. The van der Waals surface area contributed by atoms with Crippen molar-refractivity contribution in [3.8, 4) is 11.4 Å². The lowest BCUT2D eigenvalue weighted by molar-refractivity contribution is 1.01. The average Bonchev–Trinajstić information content (AvgIpc) is 2.47. The Hall–Kier alpha value is -0.0426. The van der Waals surface area contributed by atoms with Gasteiger partial charge in [0.15, 0.2) is 0 Å². The summed E-state index contributed by atoms with van der Waals surface area (Å²) in [6.45, 7) is 0. The van der Waals surface area contributed by atoms with E-state index in [1.807, 2.05) is 3.67 Å². The maximum absolute atomic E-state index is 4.47. The third-order valence-corrected chi connectivity index (χ3v) is 3.89. The van der Waals surface area contributed by atoms with Gasteiger partial charge in [0, 0.05) is 5.56 Å². The normalized spacial score (nSPS) is 10.3. The standard InChI is InChI=1S/C8H4N3.3Al.6H/c1-2-4-7(5-3-1)8-9-6-10-11-8;;;;;;;;;/h2-5H;;;;;;;;;/q-1;;;+1;;;;;;. The van der Waals surface area contributed by atoms with Gasteiger partial charge in [-0.05, 0) is 0 Å². The van der Waals surface area contributed by atoms with E-state index in [1.54, 1.807) is 0 Å². The first-order valence-corrected chi connectivity index (χ1v) is 7.51. The molecule has 0 aliphatic rings. The number of aromatic nitrogens is 3. The Bertz CT molecular complexity index is 449. The van der Waals surface area contributed by atoms with E-state index in [2.05, 4.69) is 34.3 Å². The largest absolute Gasteiger partial charge is 0.401 e. The van der Waals surface area contributed by atoms with E-state index in [-0.39, 0.29) is 0 Å². The van der Waals surface area contributed by atoms with Crippen LogP contribution in [0.4, 0.5) is 0 Å². The van der Waals surface area contributed by atoms with Gasteiger partial charge in [-0.25, -0.2) is 10.1 Å². The molecule has 0 saturated carbocycles. The molecule has 0 radical (unpaired) electrons. The molecule has 1 aromatic carbocycles. The molecule has 14 heavy (non-hydrogen) atoms. The van der Waals surface area contributed by atoms with Gasteiger partial charge in [0.1, 0.15) is 5.82 Å². The second kappa shape index (κ2) is 4.22. The van der Waals surface area contributed by atoms with Crippen LogP contribution in [0.5, 0.6) is 0 Å². The Labute approximate surface area is 107 Å². The van der Waals surface area contributed by atoms with Crippen LogP contribution in [-0.2, 0) is 0 Å². The van der Waals surface area contributed by atoms with Crippen molar-refractivity contribution in [1.29, 1.82) is 0 Å². The number of benzene rings is 1. The summed E-state index contributed by atoms with van der Waals surface area (Å²) in [5.41, 5.74) is 1.19. The molecular weight excluding hydrogens is 219 g/mol. The summed E-state index contributed by atoms with van der Waals surface area (Å²) in [5.74, 6) is 1.03. The van der Waals surface area contributed by atoms with Gasteiger partial charge in [-0.1, -0.05) is 24.3 Å². The predicted molar refractivity (Wildman–Crippen MR) is 65.8 cm³/mol. The Morgan fingerprint density at radius 2 is 1.71 bits per heavy atom. The highest BCUT2D eigenvalue weighted by Crippen LogP contribution is 2.11. The van der Waals surface area contributed by atoms with E-state index >= 15 is 0 Å². The van der Waals surface area contributed by atoms with E-state index < -0.39 is 0 Å². The number of hydrogen-bond acceptors (Lipinski definition) is 2. The van der Waals surface area contributed by atoms with Crippen LogP contribution in [0.2, 0.25) is 0 Å². The summed E-state index contributed by atoms with van der Waals surface area (Å²) >= 11 is 2.94. The average molecular weight is 229 g/mol. The highest BCUT2D eigenvalue weighted by molar-refractivity contribution is 6.32. The van der Waals surface area contributed by atoms with Crippen molar-refractivity contribution in [2.24, 2.45) is 0 Å². The van der Waals surface area contributed by atoms with Gasteiger partial charge in [-0.15, -0.1) is 4.43 Å². The Morgan fingerprint density at radius 3 is 2.21 bits per heavy atom. The molecule has 0 amide bonds. The zero-order valence-electron chi connectivity index (χ0n) is 8.65. The summed E-state index contributed by atoms with van der Waals surface area (Å²) in [6, 6.07) is 8.62. The molecule has 0 bridgehead atoms. The van der Waals surface area contributed by atoms with Gasteiger partial charge < -0.3 is 3.67 Å². The van der Waals surface area contributed by atoms with Gasteiger partial charge >= 0.3 is 32.8 Å². The maximum atomic E-state index is 4.47. The van der Waals surface area contributed by atoms with Crippen LogP contribution in [0.3, 0.4) is 0 Å². The van der Waals surface area contributed by atoms with E-state index in [9.17, 15) is 0 Å². The third-order valence-electron chi connectivity index (χ3n) is 2.18. The van der Waals surface area contributed by atoms with E-state index in [4.69, 9.17) is 0 Å². The second-order valence-corrected chi connectivity index (χ2v) is 6.37. The minimum Gasteiger partial charge on any atom is -0.354 e. The van der Waals surface area contributed by atoms with Crippen LogP contribution in [-0.4, -0.2) is 62.8 Å². The molecule has 0 atom stereocenters. The molecule has 66 valence electrons. The fraction of sp³-hybridized carbons (Fsp3) is 0. The summed E-state index contributed by atoms with van der Waals surface area (Å²) in [7, 11) is 0. The van der Waals surface area contributed by atoms with Crippen molar-refractivity contribution in [2.45, 2.75) is 0 Å². The lowest BCUT2D eigenvalue weighted by Gasteiger charge is -2.01. The van der Waals surface area contributed by atoms with E-state index in [0.717, 1.165) is 59.6 Å². The van der Waals surface area contributed by atoms with Crippen LogP contribution in [0, 0.1) is 0 Å². The smallest absolute Gasteiger partial charge is 0.354 e. The molecule has 0 N–H and O–H groups in total. The summed E-state index contributed by atoms with van der Waals surface area (Å²) in [5, 5.41) is 4.35. The SMILES string of the molecule is [AlH2][c]1ccc(-c2n[c]([AlH2])n[n]2[AlH2])cc1. The Balaban J connectivity index is 2.49. The van der Waals surface area contributed by atoms with Crippen LogP contribution < -0.4 is 9.11 Å². The van der Waals surface area contributed by atoms with Crippen molar-refractivity contribution >= 4 is 58.2 Å². The first kappa shape index (κ1) is 10.5. The quantitative estimate of drug-likeness (QED) is 0.484. The van der Waals surface area contributed by atoms with Crippen LogP contribution in [0.15, 0.2) is 24.3 Å². The predicted octanol–water partition coefficient (Wildman–Crippen LogP) is -3.14. The van der Waals surface area contributed by atoms with Crippen molar-refractivity contribution in [1.82, 2.24) is 13.7 Å². The lowest BCUT2D eigenvalue weighted by Crippen LogP contribution is -2.08. The van der Waals surface area contributed by atoms with Crippen LogP contribution in [0.1, 0.15) is 0 Å². The lowest BCUT2D eigenvalue weighted by atomic mass is 10.2. The molecule has 1 heterocycles. The van der Waals surface area contributed by atoms with Crippen molar-refractivity contribution < 1.29 is 0 Å². The molecule has 0 aliphatic carbocycles. The van der Waals surface area contributed by atoms with Crippen molar-refractivity contribution in [3.05, 3.63) is 24.3 Å². The van der Waals surface area contributed by atoms with Crippen molar-refractivity contribution in [3.63, 3.8) is 0 Å². The zero-order valence-corrected chi connectivity index (χ0v) is 14.7. The molecular formula is C8H10Al3N3. The highest BCUT2D eigenvalue weighted by Gasteiger charge is 2.04. The molecule has 1 aromatic heterocycles. The molecule has 6 heteroatoms. The molecule has 2 aromatic rings. The fourth-order valence-corrected chi connectivity index (χ4v) is 3.36. The van der Waals surface area contributed by atoms with E-state index in [0.29, 0.717) is 0 Å². The van der Waals surface area contributed by atoms with Crippen molar-refractivity contribution in [2.75, 3.05) is 0 Å². The second-order valence-electron chi connectivity index (χ2n) is 3.47. The van der Waals surface area contributed by atoms with Gasteiger partial charge in [-0.3, -0.25) is 0 Å². The molecule has 0 fully saturated rings. The summed E-state index contributed by atoms with van der Waals surface area (Å²) in [6.07, 6.45) is 0. The number of rotatable bonds is 1. The fourth-order valence-electron chi connectivity index (χ4n) is 1.47. The minimum atomic E-state index is 0.903. The number of hydrogen-bond donors (Lipinski definition) is 0. The zero-order chi connectivity index (χ0) is 10.1. The molecule has 0 unspecified atom stereocenters. The van der Waals surface area contributed by atoms with Gasteiger partial charge in [-0.2, -0.15) is 0 Å². The van der Waals surface area contributed by atoms with Gasteiger partial charge in [0.25, 0.3) is 16.3 Å². The first-order valence-electron chi connectivity index (χ1n) is 4.61. The monoisotopic (exact) mass is 229 g/mol. The van der Waals surface area contributed by atoms with E-state index in [1.165, 1.54) is 9.99 Å².